The number of halogens is 1. The molecule has 0 aliphatic carbocycles. The maximum Gasteiger partial charge on any atom is 0.270 e. The lowest BCUT2D eigenvalue weighted by Crippen LogP contribution is -2.25. The van der Waals surface area contributed by atoms with E-state index in [1.54, 1.807) is 0 Å². The predicted molar refractivity (Wildman–Crippen MR) is 80.9 cm³/mol. The highest BCUT2D eigenvalue weighted by atomic mass is 79.9. The van der Waals surface area contributed by atoms with Crippen LogP contribution in [0, 0.1) is 6.92 Å². The van der Waals surface area contributed by atoms with Crippen LogP contribution in [-0.4, -0.2) is 22.2 Å². The Labute approximate surface area is 125 Å². The molecule has 1 aromatic carbocycles. The predicted octanol–water partition coefficient (Wildman–Crippen LogP) is 2.46. The van der Waals surface area contributed by atoms with E-state index in [1.807, 2.05) is 16.8 Å². The van der Waals surface area contributed by atoms with Crippen LogP contribution >= 0.6 is 15.9 Å². The fourth-order valence-corrected chi connectivity index (χ4v) is 3.25. The van der Waals surface area contributed by atoms with E-state index in [-0.39, 0.29) is 11.7 Å². The van der Waals surface area contributed by atoms with Crippen LogP contribution in [0.2, 0.25) is 0 Å². The Balaban J connectivity index is 2.13. The number of aromatic nitrogens is 2. The number of benzene rings is 1. The van der Waals surface area contributed by atoms with E-state index in [2.05, 4.69) is 45.4 Å². The fourth-order valence-electron chi connectivity index (χ4n) is 2.65. The van der Waals surface area contributed by atoms with Crippen LogP contribution in [0.1, 0.15) is 34.1 Å². The number of anilines is 1. The van der Waals surface area contributed by atoms with Crippen molar-refractivity contribution in [3.05, 3.63) is 45.6 Å². The molecule has 0 spiro atoms. The molecule has 0 saturated heterocycles. The summed E-state index contributed by atoms with van der Waals surface area (Å²) < 4.78 is 2.50. The lowest BCUT2D eigenvalue weighted by atomic mass is 9.98. The number of primary amides is 1. The van der Waals surface area contributed by atoms with Crippen molar-refractivity contribution in [2.75, 3.05) is 11.9 Å². The maximum absolute atomic E-state index is 11.4. The summed E-state index contributed by atoms with van der Waals surface area (Å²) in [5, 5.41) is 7.65. The van der Waals surface area contributed by atoms with Gasteiger partial charge in [0.15, 0.2) is 5.69 Å². The second-order valence-corrected chi connectivity index (χ2v) is 5.70. The van der Waals surface area contributed by atoms with Gasteiger partial charge in [0.05, 0.1) is 10.5 Å². The molecule has 1 aliphatic heterocycles. The first-order chi connectivity index (χ1) is 9.59. The number of hydrogen-bond acceptors (Lipinski definition) is 3. The molecule has 104 valence electrons. The molecular weight excluding hydrogens is 320 g/mol. The van der Waals surface area contributed by atoms with E-state index in [4.69, 9.17) is 5.73 Å². The number of nitrogens with two attached hydrogens (primary N) is 1. The number of amides is 1. The van der Waals surface area contributed by atoms with Crippen LogP contribution in [0.25, 0.3) is 0 Å². The van der Waals surface area contributed by atoms with E-state index >= 15 is 0 Å². The van der Waals surface area contributed by atoms with Crippen LogP contribution < -0.4 is 11.1 Å². The van der Waals surface area contributed by atoms with Crippen LogP contribution in [0.3, 0.4) is 0 Å². The standard InChI is InChI=1S/C14H15BrN4O/c1-8-4-2-3-5-9(8)10-6-7-17-14-11(15)12(13(16)20)18-19(10)14/h2-5,10,17H,6-7H2,1H3,(H2,16,20). The van der Waals surface area contributed by atoms with Gasteiger partial charge in [-0.05, 0) is 40.4 Å². The minimum absolute atomic E-state index is 0.122. The lowest BCUT2D eigenvalue weighted by molar-refractivity contribution is 0.0994. The Morgan fingerprint density at radius 1 is 1.50 bits per heavy atom. The number of nitrogens with one attached hydrogen (secondary N) is 1. The summed E-state index contributed by atoms with van der Waals surface area (Å²) in [6.45, 7) is 2.92. The quantitative estimate of drug-likeness (QED) is 0.885. The number of nitrogens with zero attached hydrogens (tertiary/aromatic N) is 2. The summed E-state index contributed by atoms with van der Waals surface area (Å²) in [6.07, 6.45) is 0.921. The third-order valence-electron chi connectivity index (χ3n) is 3.64. The second-order valence-electron chi connectivity index (χ2n) is 4.91. The highest BCUT2D eigenvalue weighted by molar-refractivity contribution is 9.10. The monoisotopic (exact) mass is 334 g/mol. The molecule has 1 amide bonds. The van der Waals surface area contributed by atoms with Gasteiger partial charge in [0, 0.05) is 6.54 Å². The van der Waals surface area contributed by atoms with Gasteiger partial charge in [-0.25, -0.2) is 4.68 Å². The Morgan fingerprint density at radius 3 is 2.95 bits per heavy atom. The van der Waals surface area contributed by atoms with E-state index < -0.39 is 5.91 Å². The lowest BCUT2D eigenvalue weighted by Gasteiger charge is -2.27. The van der Waals surface area contributed by atoms with E-state index in [9.17, 15) is 4.79 Å². The van der Waals surface area contributed by atoms with Crippen molar-refractivity contribution in [2.45, 2.75) is 19.4 Å². The van der Waals surface area contributed by atoms with Crippen molar-refractivity contribution >= 4 is 27.7 Å². The molecule has 0 bridgehead atoms. The zero-order valence-electron chi connectivity index (χ0n) is 11.1. The van der Waals surface area contributed by atoms with Gasteiger partial charge in [-0.15, -0.1) is 0 Å². The Hall–Kier alpha value is -1.82. The van der Waals surface area contributed by atoms with E-state index in [1.165, 1.54) is 11.1 Å². The largest absolute Gasteiger partial charge is 0.369 e. The van der Waals surface area contributed by atoms with Gasteiger partial charge in [0.25, 0.3) is 5.91 Å². The van der Waals surface area contributed by atoms with Gasteiger partial charge in [0.2, 0.25) is 0 Å². The van der Waals surface area contributed by atoms with Crippen molar-refractivity contribution < 1.29 is 4.79 Å². The summed E-state index contributed by atoms with van der Waals surface area (Å²) in [7, 11) is 0. The van der Waals surface area contributed by atoms with Gasteiger partial charge < -0.3 is 11.1 Å². The third kappa shape index (κ3) is 2.00. The van der Waals surface area contributed by atoms with Crippen molar-refractivity contribution in [2.24, 2.45) is 5.73 Å². The molecule has 3 rings (SSSR count). The summed E-state index contributed by atoms with van der Waals surface area (Å²) in [5.74, 6) is 0.294. The van der Waals surface area contributed by atoms with Crippen LogP contribution in [0.4, 0.5) is 5.82 Å². The number of fused-ring (bicyclic) bond motifs is 1. The SMILES string of the molecule is Cc1ccccc1C1CCNc2c(Br)c(C(N)=O)nn21. The highest BCUT2D eigenvalue weighted by Gasteiger charge is 2.28. The maximum atomic E-state index is 11.4. The van der Waals surface area contributed by atoms with Crippen molar-refractivity contribution in [3.8, 4) is 0 Å². The third-order valence-corrected chi connectivity index (χ3v) is 4.39. The van der Waals surface area contributed by atoms with E-state index in [0.717, 1.165) is 18.8 Å². The summed E-state index contributed by atoms with van der Waals surface area (Å²) in [6, 6.07) is 8.36. The van der Waals surface area contributed by atoms with Crippen LogP contribution in [0.5, 0.6) is 0 Å². The van der Waals surface area contributed by atoms with Gasteiger partial charge in [-0.2, -0.15) is 5.10 Å². The zero-order valence-corrected chi connectivity index (χ0v) is 12.6. The van der Waals surface area contributed by atoms with Crippen LogP contribution in [0.15, 0.2) is 28.7 Å². The average molecular weight is 335 g/mol. The number of rotatable bonds is 2. The minimum Gasteiger partial charge on any atom is -0.369 e. The molecule has 0 fully saturated rings. The highest BCUT2D eigenvalue weighted by Crippen LogP contribution is 2.36. The molecule has 0 radical (unpaired) electrons. The molecule has 6 heteroatoms. The Morgan fingerprint density at radius 2 is 2.25 bits per heavy atom. The molecule has 1 aliphatic rings. The normalized spacial score (nSPS) is 17.4. The number of carbonyl (C=O) groups excluding carboxylic acids is 1. The van der Waals surface area contributed by atoms with Gasteiger partial charge in [-0.1, -0.05) is 24.3 Å². The van der Waals surface area contributed by atoms with Crippen molar-refractivity contribution in [1.82, 2.24) is 9.78 Å². The van der Waals surface area contributed by atoms with Crippen molar-refractivity contribution in [1.29, 1.82) is 0 Å². The smallest absolute Gasteiger partial charge is 0.270 e. The molecule has 3 N–H and O–H groups in total. The first kappa shape index (κ1) is 13.2. The molecular formula is C14H15BrN4O. The Bertz CT molecular complexity index is 680. The van der Waals surface area contributed by atoms with Gasteiger partial charge in [0.1, 0.15) is 5.82 Å². The van der Waals surface area contributed by atoms with Crippen LogP contribution in [-0.2, 0) is 0 Å². The number of hydrogen-bond donors (Lipinski definition) is 2. The minimum atomic E-state index is -0.524. The summed E-state index contributed by atoms with van der Waals surface area (Å²) in [5.41, 5.74) is 8.08. The molecule has 0 saturated carbocycles. The van der Waals surface area contributed by atoms with Gasteiger partial charge >= 0.3 is 0 Å². The second kappa shape index (κ2) is 4.94. The molecule has 1 aromatic heterocycles. The number of carbonyl (C=O) groups is 1. The average Bonchev–Trinajstić information content (AvgIpc) is 2.77. The molecule has 20 heavy (non-hydrogen) atoms. The summed E-state index contributed by atoms with van der Waals surface area (Å²) >= 11 is 3.41. The van der Waals surface area contributed by atoms with Gasteiger partial charge in [-0.3, -0.25) is 4.79 Å². The molecule has 2 heterocycles. The summed E-state index contributed by atoms with van der Waals surface area (Å²) in [4.78, 5) is 11.4. The molecule has 5 nitrogen and oxygen atoms in total. The van der Waals surface area contributed by atoms with Crippen molar-refractivity contribution in [3.63, 3.8) is 0 Å². The first-order valence-corrected chi connectivity index (χ1v) is 7.26. The molecule has 1 atom stereocenters. The molecule has 2 aromatic rings. The zero-order chi connectivity index (χ0) is 14.3. The molecule has 1 unspecified atom stereocenters. The topological polar surface area (TPSA) is 72.9 Å². The first-order valence-electron chi connectivity index (χ1n) is 6.47. The fraction of sp³-hybridized carbons (Fsp3) is 0.286. The van der Waals surface area contributed by atoms with E-state index in [0.29, 0.717) is 4.47 Å². The Kier molecular flexibility index (Phi) is 3.25. The number of aryl methyl sites for hydroxylation is 1.